The Morgan fingerprint density at radius 1 is 1.53 bits per heavy atom. The van der Waals surface area contributed by atoms with Gasteiger partial charge in [-0.3, -0.25) is 4.79 Å². The van der Waals surface area contributed by atoms with Crippen molar-refractivity contribution >= 4 is 23.2 Å². The summed E-state index contributed by atoms with van der Waals surface area (Å²) in [6.07, 6.45) is 1.74. The Bertz CT molecular complexity index is 415. The quantitative estimate of drug-likeness (QED) is 0.877. The first kappa shape index (κ1) is 12.1. The van der Waals surface area contributed by atoms with Crippen molar-refractivity contribution in [3.05, 3.63) is 22.4 Å². The number of hydrogen-bond donors (Lipinski definition) is 1. The molecule has 0 saturated carbocycles. The molecule has 0 aliphatic carbocycles. The number of amides is 1. The average molecular weight is 253 g/mol. The van der Waals surface area contributed by atoms with Crippen LogP contribution in [0.15, 0.2) is 16.8 Å². The molecule has 0 bridgehead atoms. The largest absolute Gasteiger partial charge is 0.480 e. The van der Waals surface area contributed by atoms with Gasteiger partial charge in [-0.05, 0) is 30.2 Å². The zero-order valence-electron chi connectivity index (χ0n) is 9.63. The Labute approximate surface area is 104 Å². The Morgan fingerprint density at radius 3 is 2.88 bits per heavy atom. The maximum atomic E-state index is 12.2. The molecule has 2 rings (SSSR count). The SMILES string of the molecule is CC1CCCN(C(=O)c2ccsc2)C1C(=O)O. The maximum Gasteiger partial charge on any atom is 0.326 e. The van der Waals surface area contributed by atoms with E-state index in [0.717, 1.165) is 12.8 Å². The number of likely N-dealkylation sites (tertiary alicyclic amines) is 1. The van der Waals surface area contributed by atoms with Gasteiger partial charge in [0.2, 0.25) is 0 Å². The highest BCUT2D eigenvalue weighted by Gasteiger charge is 2.37. The molecule has 2 heterocycles. The fourth-order valence-corrected chi connectivity index (χ4v) is 2.97. The number of carbonyl (C=O) groups excluding carboxylic acids is 1. The molecule has 1 aromatic heterocycles. The van der Waals surface area contributed by atoms with Crippen LogP contribution < -0.4 is 0 Å². The predicted octanol–water partition coefficient (Wildman–Crippen LogP) is 2.07. The molecule has 2 unspecified atom stereocenters. The predicted molar refractivity (Wildman–Crippen MR) is 65.2 cm³/mol. The summed E-state index contributed by atoms with van der Waals surface area (Å²) in [5, 5.41) is 12.8. The number of rotatable bonds is 2. The van der Waals surface area contributed by atoms with Gasteiger partial charge in [0.05, 0.1) is 5.56 Å². The van der Waals surface area contributed by atoms with E-state index >= 15 is 0 Å². The number of aliphatic carboxylic acids is 1. The first-order valence-corrected chi connectivity index (χ1v) is 6.61. The van der Waals surface area contributed by atoms with E-state index < -0.39 is 12.0 Å². The summed E-state index contributed by atoms with van der Waals surface area (Å²) >= 11 is 1.45. The smallest absolute Gasteiger partial charge is 0.326 e. The number of carbonyl (C=O) groups is 2. The molecule has 1 aromatic rings. The van der Waals surface area contributed by atoms with Gasteiger partial charge in [-0.25, -0.2) is 4.79 Å². The summed E-state index contributed by atoms with van der Waals surface area (Å²) < 4.78 is 0. The van der Waals surface area contributed by atoms with Gasteiger partial charge < -0.3 is 10.0 Å². The van der Waals surface area contributed by atoms with Crippen LogP contribution in [0.5, 0.6) is 0 Å². The summed E-state index contributed by atoms with van der Waals surface area (Å²) in [5.41, 5.74) is 0.593. The van der Waals surface area contributed by atoms with E-state index in [1.54, 1.807) is 11.4 Å². The van der Waals surface area contributed by atoms with E-state index in [4.69, 9.17) is 0 Å². The molecule has 1 saturated heterocycles. The summed E-state index contributed by atoms with van der Waals surface area (Å²) in [4.78, 5) is 24.9. The number of carboxylic acid groups (broad SMARTS) is 1. The van der Waals surface area contributed by atoms with Crippen molar-refractivity contribution in [2.24, 2.45) is 5.92 Å². The Hall–Kier alpha value is -1.36. The fraction of sp³-hybridized carbons (Fsp3) is 0.500. The minimum absolute atomic E-state index is 0.0174. The molecule has 2 atom stereocenters. The van der Waals surface area contributed by atoms with E-state index in [1.165, 1.54) is 16.2 Å². The van der Waals surface area contributed by atoms with Crippen LogP contribution in [-0.4, -0.2) is 34.5 Å². The molecular weight excluding hydrogens is 238 g/mol. The molecule has 17 heavy (non-hydrogen) atoms. The van der Waals surface area contributed by atoms with E-state index in [-0.39, 0.29) is 11.8 Å². The molecule has 1 fully saturated rings. The van der Waals surface area contributed by atoms with Gasteiger partial charge >= 0.3 is 5.97 Å². The lowest BCUT2D eigenvalue weighted by molar-refractivity contribution is -0.145. The number of hydrogen-bond acceptors (Lipinski definition) is 3. The van der Waals surface area contributed by atoms with Crippen molar-refractivity contribution in [3.8, 4) is 0 Å². The fourth-order valence-electron chi connectivity index (χ4n) is 2.34. The lowest BCUT2D eigenvalue weighted by atomic mass is 9.90. The minimum Gasteiger partial charge on any atom is -0.480 e. The highest BCUT2D eigenvalue weighted by atomic mass is 32.1. The van der Waals surface area contributed by atoms with E-state index in [1.807, 2.05) is 12.3 Å². The summed E-state index contributed by atoms with van der Waals surface area (Å²) in [6.45, 7) is 2.43. The molecule has 5 heteroatoms. The van der Waals surface area contributed by atoms with Gasteiger partial charge in [0.15, 0.2) is 0 Å². The maximum absolute atomic E-state index is 12.2. The Balaban J connectivity index is 2.23. The second-order valence-corrected chi connectivity index (χ2v) is 5.19. The number of nitrogens with zero attached hydrogens (tertiary/aromatic N) is 1. The standard InChI is InChI=1S/C12H15NO3S/c1-8-3-2-5-13(10(8)12(15)16)11(14)9-4-6-17-7-9/h4,6-8,10H,2-3,5H2,1H3,(H,15,16). The van der Waals surface area contributed by atoms with Gasteiger partial charge in [0.1, 0.15) is 6.04 Å². The van der Waals surface area contributed by atoms with Crippen molar-refractivity contribution in [1.82, 2.24) is 4.90 Å². The summed E-state index contributed by atoms with van der Waals surface area (Å²) in [5.74, 6) is -1.05. The van der Waals surface area contributed by atoms with E-state index in [0.29, 0.717) is 12.1 Å². The lowest BCUT2D eigenvalue weighted by Gasteiger charge is -2.37. The molecule has 4 nitrogen and oxygen atoms in total. The van der Waals surface area contributed by atoms with Crippen LogP contribution in [-0.2, 0) is 4.79 Å². The molecule has 0 radical (unpaired) electrons. The Morgan fingerprint density at radius 2 is 2.29 bits per heavy atom. The third kappa shape index (κ3) is 2.34. The molecule has 1 aliphatic heterocycles. The average Bonchev–Trinajstić information content (AvgIpc) is 2.80. The minimum atomic E-state index is -0.902. The third-order valence-electron chi connectivity index (χ3n) is 3.22. The first-order chi connectivity index (χ1) is 8.11. The van der Waals surface area contributed by atoms with Crippen LogP contribution in [0.25, 0.3) is 0 Å². The monoisotopic (exact) mass is 253 g/mol. The van der Waals surface area contributed by atoms with Crippen LogP contribution in [0.3, 0.4) is 0 Å². The van der Waals surface area contributed by atoms with Crippen molar-refractivity contribution in [3.63, 3.8) is 0 Å². The van der Waals surface area contributed by atoms with Crippen LogP contribution in [0.4, 0.5) is 0 Å². The second kappa shape index (κ2) is 4.87. The number of piperidine rings is 1. The van der Waals surface area contributed by atoms with Gasteiger partial charge in [-0.15, -0.1) is 0 Å². The molecule has 1 amide bonds. The molecular formula is C12H15NO3S. The number of carboxylic acids is 1. The van der Waals surface area contributed by atoms with E-state index in [9.17, 15) is 14.7 Å². The van der Waals surface area contributed by atoms with Crippen molar-refractivity contribution < 1.29 is 14.7 Å². The summed E-state index contributed by atoms with van der Waals surface area (Å²) in [6, 6.07) is 1.06. The van der Waals surface area contributed by atoms with E-state index in [2.05, 4.69) is 0 Å². The third-order valence-corrected chi connectivity index (χ3v) is 3.90. The zero-order chi connectivity index (χ0) is 12.4. The second-order valence-electron chi connectivity index (χ2n) is 4.41. The van der Waals surface area contributed by atoms with Crippen molar-refractivity contribution in [1.29, 1.82) is 0 Å². The van der Waals surface area contributed by atoms with Gasteiger partial charge in [-0.2, -0.15) is 11.3 Å². The lowest BCUT2D eigenvalue weighted by Crippen LogP contribution is -2.51. The van der Waals surface area contributed by atoms with Crippen molar-refractivity contribution in [2.75, 3.05) is 6.54 Å². The van der Waals surface area contributed by atoms with Crippen LogP contribution >= 0.6 is 11.3 Å². The first-order valence-electron chi connectivity index (χ1n) is 5.67. The highest BCUT2D eigenvalue weighted by Crippen LogP contribution is 2.25. The normalized spacial score (nSPS) is 24.6. The zero-order valence-corrected chi connectivity index (χ0v) is 10.4. The molecule has 1 aliphatic rings. The Kier molecular flexibility index (Phi) is 3.47. The molecule has 1 N–H and O–H groups in total. The van der Waals surface area contributed by atoms with Gasteiger partial charge in [-0.1, -0.05) is 6.92 Å². The summed E-state index contributed by atoms with van der Waals surface area (Å²) in [7, 11) is 0. The van der Waals surface area contributed by atoms with Crippen molar-refractivity contribution in [2.45, 2.75) is 25.8 Å². The highest BCUT2D eigenvalue weighted by molar-refractivity contribution is 7.08. The van der Waals surface area contributed by atoms with Crippen LogP contribution in [0.2, 0.25) is 0 Å². The van der Waals surface area contributed by atoms with Crippen LogP contribution in [0.1, 0.15) is 30.1 Å². The molecule has 0 spiro atoms. The molecule has 92 valence electrons. The number of thiophene rings is 1. The van der Waals surface area contributed by atoms with Crippen LogP contribution in [0, 0.1) is 5.92 Å². The molecule has 0 aromatic carbocycles. The topological polar surface area (TPSA) is 57.6 Å². The van der Waals surface area contributed by atoms with Gasteiger partial charge in [0.25, 0.3) is 5.91 Å². The van der Waals surface area contributed by atoms with Gasteiger partial charge in [0, 0.05) is 11.9 Å².